The number of nitrogens with one attached hydrogen (secondary N) is 1. The third kappa shape index (κ3) is 2.37. The van der Waals surface area contributed by atoms with Crippen molar-refractivity contribution in [2.45, 2.75) is 13.5 Å². The highest BCUT2D eigenvalue weighted by Gasteiger charge is 2.19. The summed E-state index contributed by atoms with van der Waals surface area (Å²) in [6.45, 7) is 2.49. The first-order valence-electron chi connectivity index (χ1n) is 6.51. The van der Waals surface area contributed by atoms with Crippen LogP contribution >= 0.6 is 0 Å². The molecule has 2 heterocycles. The molecular weight excluding hydrogens is 272 g/mol. The molecule has 2 aromatic rings. The highest BCUT2D eigenvalue weighted by Crippen LogP contribution is 2.35. The molecule has 21 heavy (non-hydrogen) atoms. The second-order valence-electron chi connectivity index (χ2n) is 4.85. The molecule has 0 fully saturated rings. The molecule has 1 aliphatic heterocycles. The van der Waals surface area contributed by atoms with E-state index in [2.05, 4.69) is 10.4 Å². The molecule has 0 aliphatic carbocycles. The maximum absolute atomic E-state index is 12.2. The van der Waals surface area contributed by atoms with Crippen molar-refractivity contribution in [3.8, 4) is 11.5 Å². The number of hydrogen-bond donors (Lipinski definition) is 2. The van der Waals surface area contributed by atoms with E-state index in [1.807, 2.05) is 14.0 Å². The van der Waals surface area contributed by atoms with Crippen LogP contribution in [0.5, 0.6) is 11.5 Å². The molecule has 0 bridgehead atoms. The standard InChI is InChI=1S/C14H16N4O3/c1-8-9(6-17-18(8)2)5-16-14(19)10-3-12-13(4-11(10)15)21-7-20-12/h3-4,6H,5,7,15H2,1-2H3,(H,16,19). The Morgan fingerprint density at radius 1 is 1.43 bits per heavy atom. The highest BCUT2D eigenvalue weighted by molar-refractivity contribution is 6.00. The number of rotatable bonds is 3. The Kier molecular flexibility index (Phi) is 3.17. The maximum atomic E-state index is 12.2. The fourth-order valence-corrected chi connectivity index (χ4v) is 2.14. The van der Waals surface area contributed by atoms with Gasteiger partial charge in [0.1, 0.15) is 0 Å². The number of hydrogen-bond acceptors (Lipinski definition) is 5. The molecule has 0 spiro atoms. The number of ether oxygens (including phenoxy) is 2. The van der Waals surface area contributed by atoms with Gasteiger partial charge >= 0.3 is 0 Å². The SMILES string of the molecule is Cc1c(CNC(=O)c2cc3c(cc2N)OCO3)cnn1C. The lowest BCUT2D eigenvalue weighted by atomic mass is 10.1. The van der Waals surface area contributed by atoms with Gasteiger partial charge < -0.3 is 20.5 Å². The first-order chi connectivity index (χ1) is 10.1. The molecule has 1 aromatic carbocycles. The van der Waals surface area contributed by atoms with E-state index in [1.165, 1.54) is 0 Å². The molecule has 1 amide bonds. The van der Waals surface area contributed by atoms with Gasteiger partial charge in [0, 0.05) is 36.6 Å². The summed E-state index contributed by atoms with van der Waals surface area (Å²) in [5.74, 6) is 0.841. The second kappa shape index (κ2) is 5.01. The van der Waals surface area contributed by atoms with Crippen molar-refractivity contribution < 1.29 is 14.3 Å². The highest BCUT2D eigenvalue weighted by atomic mass is 16.7. The van der Waals surface area contributed by atoms with Crippen LogP contribution in [0.2, 0.25) is 0 Å². The van der Waals surface area contributed by atoms with Crippen LogP contribution in [0.4, 0.5) is 5.69 Å². The molecule has 1 aliphatic rings. The van der Waals surface area contributed by atoms with Crippen LogP contribution in [0, 0.1) is 6.92 Å². The summed E-state index contributed by atoms with van der Waals surface area (Å²) in [6.07, 6.45) is 1.73. The van der Waals surface area contributed by atoms with Crippen LogP contribution in [0.3, 0.4) is 0 Å². The third-order valence-corrected chi connectivity index (χ3v) is 3.57. The van der Waals surface area contributed by atoms with Gasteiger partial charge in [-0.05, 0) is 13.0 Å². The number of amides is 1. The van der Waals surface area contributed by atoms with Gasteiger partial charge in [-0.15, -0.1) is 0 Å². The number of carbonyl (C=O) groups is 1. The van der Waals surface area contributed by atoms with Crippen LogP contribution in [-0.4, -0.2) is 22.5 Å². The predicted octanol–water partition coefficient (Wildman–Crippen LogP) is 0.969. The molecule has 0 unspecified atom stereocenters. The van der Waals surface area contributed by atoms with E-state index >= 15 is 0 Å². The molecule has 1 aromatic heterocycles. The quantitative estimate of drug-likeness (QED) is 0.821. The van der Waals surface area contributed by atoms with E-state index in [9.17, 15) is 4.79 Å². The van der Waals surface area contributed by atoms with Gasteiger partial charge in [0.05, 0.1) is 11.8 Å². The first-order valence-corrected chi connectivity index (χ1v) is 6.51. The summed E-state index contributed by atoms with van der Waals surface area (Å²) in [4.78, 5) is 12.2. The molecule has 3 N–H and O–H groups in total. The summed E-state index contributed by atoms with van der Waals surface area (Å²) in [5, 5.41) is 6.97. The topological polar surface area (TPSA) is 91.4 Å². The van der Waals surface area contributed by atoms with E-state index in [4.69, 9.17) is 15.2 Å². The number of aromatic nitrogens is 2. The van der Waals surface area contributed by atoms with Gasteiger partial charge in [0.15, 0.2) is 11.5 Å². The Labute approximate surface area is 121 Å². The normalized spacial score (nSPS) is 12.5. The van der Waals surface area contributed by atoms with Crippen molar-refractivity contribution in [1.82, 2.24) is 15.1 Å². The van der Waals surface area contributed by atoms with Crippen molar-refractivity contribution in [3.05, 3.63) is 35.2 Å². The maximum Gasteiger partial charge on any atom is 0.253 e. The zero-order valence-corrected chi connectivity index (χ0v) is 11.8. The summed E-state index contributed by atoms with van der Waals surface area (Å²) in [5.41, 5.74) is 8.59. The minimum absolute atomic E-state index is 0.148. The average molecular weight is 288 g/mol. The number of benzene rings is 1. The van der Waals surface area contributed by atoms with Gasteiger partial charge in [-0.3, -0.25) is 9.48 Å². The minimum Gasteiger partial charge on any atom is -0.454 e. The number of nitrogen functional groups attached to an aromatic ring is 1. The van der Waals surface area contributed by atoms with Crippen molar-refractivity contribution in [2.75, 3.05) is 12.5 Å². The molecule has 7 nitrogen and oxygen atoms in total. The summed E-state index contributed by atoms with van der Waals surface area (Å²) in [7, 11) is 1.86. The Morgan fingerprint density at radius 2 is 2.14 bits per heavy atom. The Morgan fingerprint density at radius 3 is 2.81 bits per heavy atom. The molecule has 0 saturated heterocycles. The second-order valence-corrected chi connectivity index (χ2v) is 4.85. The van der Waals surface area contributed by atoms with Gasteiger partial charge in [-0.25, -0.2) is 0 Å². The molecule has 110 valence electrons. The number of nitrogens with two attached hydrogens (primary N) is 1. The third-order valence-electron chi connectivity index (χ3n) is 3.57. The average Bonchev–Trinajstić information content (AvgIpc) is 3.03. The number of anilines is 1. The first kappa shape index (κ1) is 13.3. The summed E-state index contributed by atoms with van der Waals surface area (Å²) in [6, 6.07) is 3.20. The molecule has 0 atom stereocenters. The Bertz CT molecular complexity index is 708. The monoisotopic (exact) mass is 288 g/mol. The lowest BCUT2D eigenvalue weighted by Crippen LogP contribution is -2.24. The van der Waals surface area contributed by atoms with Gasteiger partial charge in [-0.2, -0.15) is 5.10 Å². The van der Waals surface area contributed by atoms with Crippen molar-refractivity contribution in [2.24, 2.45) is 7.05 Å². The van der Waals surface area contributed by atoms with Crippen molar-refractivity contribution in [3.63, 3.8) is 0 Å². The molecular formula is C14H16N4O3. The zero-order chi connectivity index (χ0) is 15.0. The van der Waals surface area contributed by atoms with Crippen LogP contribution in [0.1, 0.15) is 21.6 Å². The van der Waals surface area contributed by atoms with E-state index < -0.39 is 0 Å². The number of nitrogens with zero attached hydrogens (tertiary/aromatic N) is 2. The van der Waals surface area contributed by atoms with E-state index in [0.29, 0.717) is 29.3 Å². The minimum atomic E-state index is -0.256. The van der Waals surface area contributed by atoms with Crippen LogP contribution in [-0.2, 0) is 13.6 Å². The Hall–Kier alpha value is -2.70. The van der Waals surface area contributed by atoms with E-state index in [-0.39, 0.29) is 12.7 Å². The lowest BCUT2D eigenvalue weighted by molar-refractivity contribution is 0.0951. The van der Waals surface area contributed by atoms with Crippen LogP contribution in [0.25, 0.3) is 0 Å². The van der Waals surface area contributed by atoms with Crippen molar-refractivity contribution in [1.29, 1.82) is 0 Å². The number of fused-ring (bicyclic) bond motifs is 1. The summed E-state index contributed by atoms with van der Waals surface area (Å²) >= 11 is 0. The number of aryl methyl sites for hydroxylation is 1. The lowest BCUT2D eigenvalue weighted by Gasteiger charge is -2.08. The molecule has 7 heteroatoms. The van der Waals surface area contributed by atoms with Gasteiger partial charge in [0.2, 0.25) is 6.79 Å². The van der Waals surface area contributed by atoms with E-state index in [1.54, 1.807) is 23.0 Å². The van der Waals surface area contributed by atoms with Crippen LogP contribution in [0.15, 0.2) is 18.3 Å². The van der Waals surface area contributed by atoms with E-state index in [0.717, 1.165) is 11.3 Å². The summed E-state index contributed by atoms with van der Waals surface area (Å²) < 4.78 is 12.2. The zero-order valence-electron chi connectivity index (χ0n) is 11.8. The number of carbonyl (C=O) groups excluding carboxylic acids is 1. The smallest absolute Gasteiger partial charge is 0.253 e. The van der Waals surface area contributed by atoms with Gasteiger partial charge in [-0.1, -0.05) is 0 Å². The predicted molar refractivity (Wildman–Crippen MR) is 76.1 cm³/mol. The molecule has 3 rings (SSSR count). The molecule has 0 saturated carbocycles. The largest absolute Gasteiger partial charge is 0.454 e. The fraction of sp³-hybridized carbons (Fsp3) is 0.286. The van der Waals surface area contributed by atoms with Crippen LogP contribution < -0.4 is 20.5 Å². The van der Waals surface area contributed by atoms with Crippen molar-refractivity contribution >= 4 is 11.6 Å². The Balaban J connectivity index is 1.75. The molecule has 0 radical (unpaired) electrons. The fourth-order valence-electron chi connectivity index (χ4n) is 2.14. The van der Waals surface area contributed by atoms with Gasteiger partial charge in [0.25, 0.3) is 5.91 Å².